The smallest absolute Gasteiger partial charge is 0.191 e. The van der Waals surface area contributed by atoms with Gasteiger partial charge in [0.15, 0.2) is 5.16 Å². The van der Waals surface area contributed by atoms with Crippen molar-refractivity contribution in [2.24, 2.45) is 17.6 Å². The monoisotopic (exact) mass is 268 g/mol. The molecule has 0 spiro atoms. The first-order valence-corrected chi connectivity index (χ1v) is 7.87. The highest BCUT2D eigenvalue weighted by Crippen LogP contribution is 2.39. The highest BCUT2D eigenvalue weighted by atomic mass is 32.2. The highest BCUT2D eigenvalue weighted by Gasteiger charge is 2.29. The summed E-state index contributed by atoms with van der Waals surface area (Å²) in [4.78, 5) is 0. The number of hydrogen-bond acceptors (Lipinski definition) is 4. The summed E-state index contributed by atoms with van der Waals surface area (Å²) in [6.07, 6.45) is 3.77. The van der Waals surface area contributed by atoms with E-state index in [1.165, 1.54) is 19.3 Å². The van der Waals surface area contributed by atoms with Crippen LogP contribution in [0.25, 0.3) is 0 Å². The lowest BCUT2D eigenvalue weighted by Gasteiger charge is -2.13. The van der Waals surface area contributed by atoms with E-state index in [-0.39, 0.29) is 0 Å². The first kappa shape index (κ1) is 13.9. The summed E-state index contributed by atoms with van der Waals surface area (Å²) >= 11 is 1.84. The summed E-state index contributed by atoms with van der Waals surface area (Å²) in [6.45, 7) is 7.36. The first-order chi connectivity index (χ1) is 8.61. The molecule has 0 aromatic carbocycles. The van der Waals surface area contributed by atoms with Crippen molar-refractivity contribution < 1.29 is 0 Å². The van der Waals surface area contributed by atoms with Crippen LogP contribution in [0, 0.1) is 11.8 Å². The standard InChI is InChI=1S/C13H24N4S/c1-9(2)6-10(3)8-18-13-16-15-12(7-14)17(13)11-4-5-11/h9-11H,4-8,14H2,1-3H3. The normalized spacial score (nSPS) is 17.4. The van der Waals surface area contributed by atoms with Gasteiger partial charge in [-0.05, 0) is 31.1 Å². The van der Waals surface area contributed by atoms with Gasteiger partial charge in [0.2, 0.25) is 0 Å². The molecule has 0 aliphatic heterocycles. The van der Waals surface area contributed by atoms with Crippen LogP contribution in [0.1, 0.15) is 51.9 Å². The molecule has 1 aliphatic carbocycles. The molecule has 1 aromatic heterocycles. The van der Waals surface area contributed by atoms with Gasteiger partial charge >= 0.3 is 0 Å². The van der Waals surface area contributed by atoms with E-state index in [4.69, 9.17) is 5.73 Å². The Balaban J connectivity index is 1.94. The molecule has 0 bridgehead atoms. The lowest BCUT2D eigenvalue weighted by Crippen LogP contribution is -2.09. The molecule has 2 rings (SSSR count). The number of nitrogens with two attached hydrogens (primary N) is 1. The summed E-state index contributed by atoms with van der Waals surface area (Å²) in [5, 5.41) is 9.56. The van der Waals surface area contributed by atoms with Crippen LogP contribution in [0.15, 0.2) is 5.16 Å². The average Bonchev–Trinajstić information content (AvgIpc) is 3.06. The molecule has 102 valence electrons. The third-order valence-electron chi connectivity index (χ3n) is 3.20. The molecule has 0 saturated heterocycles. The minimum absolute atomic E-state index is 0.492. The number of nitrogens with zero attached hydrogens (tertiary/aromatic N) is 3. The second-order valence-electron chi connectivity index (χ2n) is 5.75. The molecule has 0 amide bonds. The molecule has 18 heavy (non-hydrogen) atoms. The fourth-order valence-electron chi connectivity index (χ4n) is 2.33. The van der Waals surface area contributed by atoms with Crippen LogP contribution >= 0.6 is 11.8 Å². The van der Waals surface area contributed by atoms with E-state index in [9.17, 15) is 0 Å². The maximum absolute atomic E-state index is 5.72. The molecule has 5 heteroatoms. The van der Waals surface area contributed by atoms with Gasteiger partial charge in [-0.25, -0.2) is 0 Å². The third-order valence-corrected chi connectivity index (χ3v) is 4.47. The molecule has 1 heterocycles. The fourth-order valence-corrected chi connectivity index (χ4v) is 3.40. The van der Waals surface area contributed by atoms with Crippen molar-refractivity contribution in [2.75, 3.05) is 5.75 Å². The van der Waals surface area contributed by atoms with E-state index in [0.29, 0.717) is 12.6 Å². The van der Waals surface area contributed by atoms with E-state index in [1.807, 2.05) is 11.8 Å². The van der Waals surface area contributed by atoms with Gasteiger partial charge in [0.05, 0.1) is 6.54 Å². The largest absolute Gasteiger partial charge is 0.324 e. The van der Waals surface area contributed by atoms with Crippen molar-refractivity contribution in [2.45, 2.75) is 57.8 Å². The Hall–Kier alpha value is -0.550. The van der Waals surface area contributed by atoms with Crippen LogP contribution in [0.3, 0.4) is 0 Å². The Bertz CT molecular complexity index is 384. The van der Waals surface area contributed by atoms with Crippen molar-refractivity contribution in [3.05, 3.63) is 5.82 Å². The lowest BCUT2D eigenvalue weighted by molar-refractivity contribution is 0.474. The van der Waals surface area contributed by atoms with Crippen LogP contribution in [0.5, 0.6) is 0 Å². The molecule has 0 radical (unpaired) electrons. The van der Waals surface area contributed by atoms with Gasteiger partial charge < -0.3 is 10.3 Å². The maximum atomic E-state index is 5.72. The second kappa shape index (κ2) is 6.06. The molecule has 1 unspecified atom stereocenters. The third kappa shape index (κ3) is 3.48. The van der Waals surface area contributed by atoms with Gasteiger partial charge in [-0.1, -0.05) is 32.5 Å². The Morgan fingerprint density at radius 3 is 2.61 bits per heavy atom. The highest BCUT2D eigenvalue weighted by molar-refractivity contribution is 7.99. The van der Waals surface area contributed by atoms with Gasteiger partial charge in [-0.15, -0.1) is 10.2 Å². The number of rotatable bonds is 7. The predicted octanol–water partition coefficient (Wildman–Crippen LogP) is 2.85. The topological polar surface area (TPSA) is 56.7 Å². The summed E-state index contributed by atoms with van der Waals surface area (Å²) in [5.41, 5.74) is 5.72. The second-order valence-corrected chi connectivity index (χ2v) is 6.74. The Kier molecular flexibility index (Phi) is 4.67. The molecule has 1 fully saturated rings. The maximum Gasteiger partial charge on any atom is 0.191 e. The zero-order valence-electron chi connectivity index (χ0n) is 11.6. The number of aromatic nitrogens is 3. The van der Waals surface area contributed by atoms with Crippen molar-refractivity contribution in [1.82, 2.24) is 14.8 Å². The zero-order chi connectivity index (χ0) is 13.1. The molecule has 2 N–H and O–H groups in total. The summed E-state index contributed by atoms with van der Waals surface area (Å²) in [7, 11) is 0. The Morgan fingerprint density at radius 1 is 1.33 bits per heavy atom. The molecular weight excluding hydrogens is 244 g/mol. The average molecular weight is 268 g/mol. The van der Waals surface area contributed by atoms with Crippen LogP contribution < -0.4 is 5.73 Å². The summed E-state index contributed by atoms with van der Waals surface area (Å²) in [5.74, 6) is 3.55. The van der Waals surface area contributed by atoms with E-state index in [0.717, 1.165) is 28.6 Å². The number of thioether (sulfide) groups is 1. The zero-order valence-corrected chi connectivity index (χ0v) is 12.4. The van der Waals surface area contributed by atoms with E-state index >= 15 is 0 Å². The lowest BCUT2D eigenvalue weighted by atomic mass is 10.0. The van der Waals surface area contributed by atoms with Crippen LogP contribution in [0.4, 0.5) is 0 Å². The Labute approximate surface area is 114 Å². The molecule has 1 atom stereocenters. The summed E-state index contributed by atoms with van der Waals surface area (Å²) < 4.78 is 2.26. The van der Waals surface area contributed by atoms with Crippen LogP contribution in [-0.2, 0) is 6.54 Å². The quantitative estimate of drug-likeness (QED) is 0.773. The van der Waals surface area contributed by atoms with E-state index < -0.39 is 0 Å². The molecule has 4 nitrogen and oxygen atoms in total. The fraction of sp³-hybridized carbons (Fsp3) is 0.846. The van der Waals surface area contributed by atoms with Gasteiger partial charge in [-0.2, -0.15) is 0 Å². The first-order valence-electron chi connectivity index (χ1n) is 6.88. The van der Waals surface area contributed by atoms with Crippen LogP contribution in [0.2, 0.25) is 0 Å². The van der Waals surface area contributed by atoms with Crippen molar-refractivity contribution in [3.63, 3.8) is 0 Å². The van der Waals surface area contributed by atoms with Crippen LogP contribution in [-0.4, -0.2) is 20.5 Å². The van der Waals surface area contributed by atoms with Gasteiger partial charge in [-0.3, -0.25) is 0 Å². The predicted molar refractivity (Wildman–Crippen MR) is 75.5 cm³/mol. The SMILES string of the molecule is CC(C)CC(C)CSc1nnc(CN)n1C1CC1. The minimum atomic E-state index is 0.492. The Morgan fingerprint density at radius 2 is 2.06 bits per heavy atom. The number of hydrogen-bond donors (Lipinski definition) is 1. The molecule has 1 saturated carbocycles. The summed E-state index contributed by atoms with van der Waals surface area (Å²) in [6, 6.07) is 0.612. The molecule has 1 aliphatic rings. The van der Waals surface area contributed by atoms with Gasteiger partial charge in [0.1, 0.15) is 5.82 Å². The van der Waals surface area contributed by atoms with E-state index in [2.05, 4.69) is 35.5 Å². The molecular formula is C13H24N4S. The van der Waals surface area contributed by atoms with Crippen molar-refractivity contribution in [1.29, 1.82) is 0 Å². The van der Waals surface area contributed by atoms with Gasteiger partial charge in [0.25, 0.3) is 0 Å². The molecule has 1 aromatic rings. The van der Waals surface area contributed by atoms with E-state index in [1.54, 1.807) is 0 Å². The van der Waals surface area contributed by atoms with Crippen molar-refractivity contribution >= 4 is 11.8 Å². The minimum Gasteiger partial charge on any atom is -0.324 e. The van der Waals surface area contributed by atoms with Gasteiger partial charge in [0, 0.05) is 11.8 Å². The van der Waals surface area contributed by atoms with Crippen molar-refractivity contribution in [3.8, 4) is 0 Å².